The average Bonchev–Trinajstić information content (AvgIpc) is 3.53. The van der Waals surface area contributed by atoms with Crippen molar-refractivity contribution in [3.8, 4) is 22.1 Å². The van der Waals surface area contributed by atoms with Crippen LogP contribution in [0.3, 0.4) is 0 Å². The first-order chi connectivity index (χ1) is 15.3. The molecule has 4 rings (SSSR count). The van der Waals surface area contributed by atoms with Crippen LogP contribution in [0.5, 0.6) is 11.5 Å². The Kier molecular flexibility index (Phi) is 5.87. The van der Waals surface area contributed by atoms with Gasteiger partial charge in [0.1, 0.15) is 11.5 Å². The molecule has 1 saturated carbocycles. The van der Waals surface area contributed by atoms with E-state index in [1.807, 2.05) is 5.32 Å². The van der Waals surface area contributed by atoms with Crippen molar-refractivity contribution in [1.82, 2.24) is 15.0 Å². The van der Waals surface area contributed by atoms with E-state index >= 15 is 0 Å². The van der Waals surface area contributed by atoms with Crippen LogP contribution in [0.4, 0.5) is 29.9 Å². The molecule has 0 aliphatic heterocycles. The Balaban J connectivity index is 1.64. The number of carbonyl (C=O) groups is 1. The Morgan fingerprint density at radius 2 is 1.94 bits per heavy atom. The molecule has 2 heterocycles. The number of thiazole rings is 1. The van der Waals surface area contributed by atoms with E-state index in [-0.39, 0.29) is 17.0 Å². The fourth-order valence-electron chi connectivity index (χ4n) is 2.95. The highest BCUT2D eigenvalue weighted by molar-refractivity contribution is 7.19. The van der Waals surface area contributed by atoms with Gasteiger partial charge in [0.2, 0.25) is 5.95 Å². The zero-order chi connectivity index (χ0) is 22.9. The summed E-state index contributed by atoms with van der Waals surface area (Å²) in [6.07, 6.45) is -1.71. The van der Waals surface area contributed by atoms with Crippen LogP contribution in [0.2, 0.25) is 0 Å². The number of alkyl halides is 3. The van der Waals surface area contributed by atoms with Crippen molar-refractivity contribution < 1.29 is 27.4 Å². The summed E-state index contributed by atoms with van der Waals surface area (Å²) in [5.74, 6) is -0.524. The Labute approximate surface area is 184 Å². The number of hydrogen-bond donors (Lipinski definition) is 2. The topological polar surface area (TPSA) is 98.3 Å². The van der Waals surface area contributed by atoms with E-state index in [1.165, 1.54) is 13.3 Å². The molecule has 168 valence electrons. The smallest absolute Gasteiger partial charge is 0.471 e. The second-order valence-corrected chi connectivity index (χ2v) is 7.92. The van der Waals surface area contributed by atoms with Crippen LogP contribution < -0.4 is 20.1 Å². The van der Waals surface area contributed by atoms with Crippen molar-refractivity contribution in [2.75, 3.05) is 24.9 Å². The first kappa shape index (κ1) is 21.8. The van der Waals surface area contributed by atoms with E-state index in [2.05, 4.69) is 20.3 Å². The summed E-state index contributed by atoms with van der Waals surface area (Å²) in [7, 11) is 3.07. The van der Waals surface area contributed by atoms with Gasteiger partial charge < -0.3 is 14.8 Å². The minimum absolute atomic E-state index is 0.119. The van der Waals surface area contributed by atoms with Crippen LogP contribution >= 0.6 is 11.3 Å². The van der Waals surface area contributed by atoms with Crippen molar-refractivity contribution in [2.45, 2.75) is 24.9 Å². The lowest BCUT2D eigenvalue weighted by Crippen LogP contribution is -2.29. The van der Waals surface area contributed by atoms with Crippen molar-refractivity contribution >= 4 is 34.0 Å². The number of nitrogens with zero attached hydrogens (tertiary/aromatic N) is 3. The predicted octanol–water partition coefficient (Wildman–Crippen LogP) is 4.74. The molecule has 1 amide bonds. The number of rotatable bonds is 7. The Hall–Kier alpha value is -3.41. The summed E-state index contributed by atoms with van der Waals surface area (Å²) in [5.41, 5.74) is 1.68. The Morgan fingerprint density at radius 1 is 1.16 bits per heavy atom. The molecule has 0 saturated heterocycles. The van der Waals surface area contributed by atoms with Gasteiger partial charge in [-0.15, -0.1) is 0 Å². The molecule has 32 heavy (non-hydrogen) atoms. The van der Waals surface area contributed by atoms with Gasteiger partial charge in [0.15, 0.2) is 5.13 Å². The fourth-order valence-corrected chi connectivity index (χ4v) is 3.96. The summed E-state index contributed by atoms with van der Waals surface area (Å²) in [6.45, 7) is 0. The third kappa shape index (κ3) is 4.74. The van der Waals surface area contributed by atoms with Gasteiger partial charge >= 0.3 is 12.1 Å². The number of amides is 1. The molecule has 2 N–H and O–H groups in total. The van der Waals surface area contributed by atoms with Crippen molar-refractivity contribution in [1.29, 1.82) is 0 Å². The number of hydrogen-bond acceptors (Lipinski definition) is 8. The highest BCUT2D eigenvalue weighted by Crippen LogP contribution is 2.47. The van der Waals surface area contributed by atoms with Gasteiger partial charge in [0, 0.05) is 18.2 Å². The van der Waals surface area contributed by atoms with Gasteiger partial charge in [-0.2, -0.15) is 13.2 Å². The summed E-state index contributed by atoms with van der Waals surface area (Å²) in [4.78, 5) is 24.9. The standard InChI is InChI=1S/C20H18F3N5O3S/c1-30-11-5-6-14(31-2)13(9-11)26-18-24-8-7-12(25-18)16-15(10-3-4-10)27-19(32-16)28-17(29)20(21,22)23/h5-10H,3-4H2,1-2H3,(H,24,25,26)(H,27,28,29). The van der Waals surface area contributed by atoms with Crippen LogP contribution in [-0.4, -0.2) is 41.3 Å². The average molecular weight is 465 g/mol. The molecule has 8 nitrogen and oxygen atoms in total. The molecule has 0 spiro atoms. The maximum atomic E-state index is 12.6. The maximum absolute atomic E-state index is 12.6. The molecule has 0 radical (unpaired) electrons. The lowest BCUT2D eigenvalue weighted by Gasteiger charge is -2.12. The number of methoxy groups -OCH3 is 2. The zero-order valence-electron chi connectivity index (χ0n) is 17.0. The minimum Gasteiger partial charge on any atom is -0.497 e. The summed E-state index contributed by atoms with van der Waals surface area (Å²) >= 11 is 0.948. The Bertz CT molecular complexity index is 1150. The quantitative estimate of drug-likeness (QED) is 0.520. The van der Waals surface area contributed by atoms with Crippen molar-refractivity contribution in [3.63, 3.8) is 0 Å². The number of anilines is 3. The van der Waals surface area contributed by atoms with Crippen molar-refractivity contribution in [2.24, 2.45) is 0 Å². The number of carbonyl (C=O) groups excluding carboxylic acids is 1. The van der Waals surface area contributed by atoms with Crippen LogP contribution in [-0.2, 0) is 4.79 Å². The first-order valence-corrected chi connectivity index (χ1v) is 10.3. The van der Waals surface area contributed by atoms with Crippen molar-refractivity contribution in [3.05, 3.63) is 36.2 Å². The molecule has 0 atom stereocenters. The van der Waals surface area contributed by atoms with Gasteiger partial charge in [-0.25, -0.2) is 15.0 Å². The number of nitrogens with one attached hydrogen (secondary N) is 2. The number of halogens is 3. The molecule has 0 unspecified atom stereocenters. The van der Waals surface area contributed by atoms with E-state index in [1.54, 1.807) is 31.4 Å². The lowest BCUT2D eigenvalue weighted by atomic mass is 10.2. The number of benzene rings is 1. The van der Waals surface area contributed by atoms with E-state index in [9.17, 15) is 18.0 Å². The number of aromatic nitrogens is 3. The molecule has 1 fully saturated rings. The normalized spacial score (nSPS) is 13.5. The highest BCUT2D eigenvalue weighted by Gasteiger charge is 2.40. The first-order valence-electron chi connectivity index (χ1n) is 9.50. The number of ether oxygens (including phenoxy) is 2. The van der Waals surface area contributed by atoms with Crippen LogP contribution in [0, 0.1) is 0 Å². The monoisotopic (exact) mass is 465 g/mol. The lowest BCUT2D eigenvalue weighted by molar-refractivity contribution is -0.167. The summed E-state index contributed by atoms with van der Waals surface area (Å²) in [5, 5.41) is 4.78. The molecule has 12 heteroatoms. The van der Waals surface area contributed by atoms with E-state index < -0.39 is 12.1 Å². The van der Waals surface area contributed by atoms with E-state index in [0.29, 0.717) is 33.5 Å². The fraction of sp³-hybridized carbons (Fsp3) is 0.300. The molecule has 1 aromatic carbocycles. The van der Waals surface area contributed by atoms with Gasteiger partial charge in [0.05, 0.1) is 36.2 Å². The van der Waals surface area contributed by atoms with Gasteiger partial charge in [-0.3, -0.25) is 10.1 Å². The SMILES string of the molecule is COc1ccc(OC)c(Nc2nccc(-c3sc(NC(=O)C(F)(F)F)nc3C3CC3)n2)c1. The van der Waals surface area contributed by atoms with E-state index in [0.717, 1.165) is 24.2 Å². The molecule has 1 aliphatic rings. The minimum atomic E-state index is -4.99. The summed E-state index contributed by atoms with van der Waals surface area (Å²) < 4.78 is 48.5. The predicted molar refractivity (Wildman–Crippen MR) is 113 cm³/mol. The summed E-state index contributed by atoms with van der Waals surface area (Å²) in [6, 6.07) is 6.84. The second-order valence-electron chi connectivity index (χ2n) is 6.92. The van der Waals surface area contributed by atoms with Gasteiger partial charge in [-0.1, -0.05) is 11.3 Å². The molecule has 0 bridgehead atoms. The second kappa shape index (κ2) is 8.61. The molecular formula is C20H18F3N5O3S. The van der Waals surface area contributed by atoms with E-state index in [4.69, 9.17) is 9.47 Å². The maximum Gasteiger partial charge on any atom is 0.471 e. The highest BCUT2D eigenvalue weighted by atomic mass is 32.1. The molecule has 3 aromatic rings. The molecular weight excluding hydrogens is 447 g/mol. The van der Waals surface area contributed by atoms with Crippen LogP contribution in [0.15, 0.2) is 30.5 Å². The Morgan fingerprint density at radius 3 is 2.59 bits per heavy atom. The third-order valence-corrected chi connectivity index (χ3v) is 5.65. The third-order valence-electron chi connectivity index (χ3n) is 4.64. The van der Waals surface area contributed by atoms with Gasteiger partial charge in [-0.05, 0) is 31.0 Å². The largest absolute Gasteiger partial charge is 0.497 e. The molecule has 1 aliphatic carbocycles. The van der Waals surface area contributed by atoms with Crippen LogP contribution in [0.25, 0.3) is 10.6 Å². The van der Waals surface area contributed by atoms with Crippen LogP contribution in [0.1, 0.15) is 24.5 Å². The molecule has 2 aromatic heterocycles. The zero-order valence-corrected chi connectivity index (χ0v) is 17.8. The van der Waals surface area contributed by atoms with Gasteiger partial charge in [0.25, 0.3) is 0 Å².